The topological polar surface area (TPSA) is 50.4 Å². The van der Waals surface area contributed by atoms with Gasteiger partial charge in [0.15, 0.2) is 0 Å². The van der Waals surface area contributed by atoms with E-state index in [0.717, 1.165) is 22.7 Å². The van der Waals surface area contributed by atoms with Crippen LogP contribution in [-0.4, -0.2) is 19.1 Å². The minimum atomic E-state index is -0.0689. The Labute approximate surface area is 144 Å². The number of carbonyl (C=O) groups excluding carboxylic acids is 1. The van der Waals surface area contributed by atoms with Crippen molar-refractivity contribution in [2.75, 3.05) is 23.8 Å². The van der Waals surface area contributed by atoms with E-state index in [-0.39, 0.29) is 17.9 Å². The summed E-state index contributed by atoms with van der Waals surface area (Å²) in [5, 5.41) is 6.12. The van der Waals surface area contributed by atoms with Crippen LogP contribution in [0.4, 0.5) is 11.4 Å². The number of amides is 1. The first kappa shape index (κ1) is 17.9. The molecule has 2 aromatic rings. The summed E-state index contributed by atoms with van der Waals surface area (Å²) < 4.78 is 5.40. The van der Waals surface area contributed by atoms with Crippen molar-refractivity contribution in [1.82, 2.24) is 0 Å². The van der Waals surface area contributed by atoms with E-state index in [1.807, 2.05) is 49.4 Å². The van der Waals surface area contributed by atoms with Crippen molar-refractivity contribution >= 4 is 17.3 Å². The Morgan fingerprint density at radius 2 is 1.71 bits per heavy atom. The van der Waals surface area contributed by atoms with Crippen LogP contribution in [0.2, 0.25) is 0 Å². The average molecular weight is 326 g/mol. The number of benzene rings is 2. The Balaban J connectivity index is 1.94. The first-order valence-electron chi connectivity index (χ1n) is 8.26. The van der Waals surface area contributed by atoms with Crippen molar-refractivity contribution in [1.29, 1.82) is 0 Å². The van der Waals surface area contributed by atoms with Gasteiger partial charge >= 0.3 is 0 Å². The first-order valence-corrected chi connectivity index (χ1v) is 8.26. The average Bonchev–Trinajstić information content (AvgIpc) is 2.54. The molecule has 4 heteroatoms. The molecule has 0 bridgehead atoms. The lowest BCUT2D eigenvalue weighted by molar-refractivity contribution is -0.114. The molecular formula is C20H26N2O2. The molecule has 2 N–H and O–H groups in total. The number of carbonyl (C=O) groups is 1. The Morgan fingerprint density at radius 3 is 2.33 bits per heavy atom. The van der Waals surface area contributed by atoms with Crippen LogP contribution in [0.25, 0.3) is 0 Å². The van der Waals surface area contributed by atoms with Gasteiger partial charge in [-0.25, -0.2) is 0 Å². The van der Waals surface area contributed by atoms with Crippen LogP contribution >= 0.6 is 0 Å². The van der Waals surface area contributed by atoms with Crippen LogP contribution in [-0.2, 0) is 10.2 Å². The highest BCUT2D eigenvalue weighted by Crippen LogP contribution is 2.29. The van der Waals surface area contributed by atoms with Gasteiger partial charge in [0.25, 0.3) is 0 Å². The van der Waals surface area contributed by atoms with Crippen LogP contribution < -0.4 is 15.4 Å². The van der Waals surface area contributed by atoms with Crippen LogP contribution in [0.1, 0.15) is 33.3 Å². The third-order valence-corrected chi connectivity index (χ3v) is 3.63. The molecule has 0 saturated heterocycles. The quantitative estimate of drug-likeness (QED) is 0.825. The van der Waals surface area contributed by atoms with E-state index in [0.29, 0.717) is 6.61 Å². The molecule has 128 valence electrons. The molecule has 4 nitrogen and oxygen atoms in total. The molecule has 1 amide bonds. The number of nitrogens with one attached hydrogen (secondary N) is 2. The second-order valence-electron chi connectivity index (χ2n) is 6.65. The highest BCUT2D eigenvalue weighted by atomic mass is 16.5. The molecule has 2 rings (SSSR count). The number of hydrogen-bond donors (Lipinski definition) is 2. The molecule has 0 radical (unpaired) electrons. The zero-order chi connectivity index (χ0) is 17.6. The number of para-hydroxylation sites is 1. The van der Waals surface area contributed by atoms with Crippen LogP contribution in [0.15, 0.2) is 48.5 Å². The fraction of sp³-hybridized carbons (Fsp3) is 0.350. The Bertz CT molecular complexity index is 673. The normalized spacial score (nSPS) is 11.0. The van der Waals surface area contributed by atoms with E-state index in [1.165, 1.54) is 0 Å². The van der Waals surface area contributed by atoms with E-state index in [1.54, 1.807) is 0 Å². The van der Waals surface area contributed by atoms with E-state index < -0.39 is 0 Å². The van der Waals surface area contributed by atoms with Gasteiger partial charge in [-0.15, -0.1) is 0 Å². The molecule has 0 aliphatic carbocycles. The lowest BCUT2D eigenvalue weighted by Crippen LogP contribution is -2.24. The standard InChI is InChI=1S/C20H26N2O2/c1-5-24-16-12-10-15(11-13-16)21-14-19(23)22-18-9-7-6-8-17(18)20(2,3)4/h6-13,21H,5,14H2,1-4H3,(H,22,23). The summed E-state index contributed by atoms with van der Waals surface area (Å²) in [5.41, 5.74) is 2.85. The second kappa shape index (κ2) is 7.86. The maximum absolute atomic E-state index is 12.2. The van der Waals surface area contributed by atoms with Crippen molar-refractivity contribution in [3.05, 3.63) is 54.1 Å². The number of rotatable bonds is 6. The zero-order valence-electron chi connectivity index (χ0n) is 14.8. The molecular weight excluding hydrogens is 300 g/mol. The summed E-state index contributed by atoms with van der Waals surface area (Å²) >= 11 is 0. The van der Waals surface area contributed by atoms with Crippen molar-refractivity contribution in [3.8, 4) is 5.75 Å². The molecule has 0 aromatic heterocycles. The molecule has 2 aromatic carbocycles. The van der Waals surface area contributed by atoms with E-state index in [9.17, 15) is 4.79 Å². The molecule has 0 aliphatic heterocycles. The molecule has 0 unspecified atom stereocenters. The first-order chi connectivity index (χ1) is 11.4. The fourth-order valence-electron chi connectivity index (χ4n) is 2.46. The summed E-state index contributed by atoms with van der Waals surface area (Å²) in [6, 6.07) is 15.5. The summed E-state index contributed by atoms with van der Waals surface area (Å²) in [5.74, 6) is 0.757. The van der Waals surface area contributed by atoms with Gasteiger partial charge < -0.3 is 15.4 Å². The number of anilines is 2. The summed E-state index contributed by atoms with van der Waals surface area (Å²) in [7, 11) is 0. The predicted octanol–water partition coefficient (Wildman–Crippen LogP) is 4.43. The largest absolute Gasteiger partial charge is 0.494 e. The third kappa shape index (κ3) is 5.01. The predicted molar refractivity (Wildman–Crippen MR) is 99.9 cm³/mol. The molecule has 0 aliphatic rings. The van der Waals surface area contributed by atoms with E-state index in [4.69, 9.17) is 4.74 Å². The Morgan fingerprint density at radius 1 is 1.04 bits per heavy atom. The maximum Gasteiger partial charge on any atom is 0.243 e. The van der Waals surface area contributed by atoms with Crippen LogP contribution in [0, 0.1) is 0 Å². The zero-order valence-corrected chi connectivity index (χ0v) is 14.8. The number of hydrogen-bond acceptors (Lipinski definition) is 3. The van der Waals surface area contributed by atoms with Crippen molar-refractivity contribution in [3.63, 3.8) is 0 Å². The van der Waals surface area contributed by atoms with Gasteiger partial charge in [-0.1, -0.05) is 39.0 Å². The number of ether oxygens (including phenoxy) is 1. The molecule has 24 heavy (non-hydrogen) atoms. The van der Waals surface area contributed by atoms with Gasteiger partial charge in [0, 0.05) is 11.4 Å². The summed E-state index contributed by atoms with van der Waals surface area (Å²) in [4.78, 5) is 12.2. The van der Waals surface area contributed by atoms with Gasteiger partial charge in [0.05, 0.1) is 13.2 Å². The third-order valence-electron chi connectivity index (χ3n) is 3.63. The lowest BCUT2D eigenvalue weighted by Gasteiger charge is -2.23. The van der Waals surface area contributed by atoms with Crippen molar-refractivity contribution in [2.45, 2.75) is 33.1 Å². The monoisotopic (exact) mass is 326 g/mol. The van der Waals surface area contributed by atoms with E-state index >= 15 is 0 Å². The SMILES string of the molecule is CCOc1ccc(NCC(=O)Nc2ccccc2C(C)(C)C)cc1. The van der Waals surface area contributed by atoms with Gasteiger partial charge in [-0.05, 0) is 48.2 Å². The van der Waals surface area contributed by atoms with Gasteiger partial charge in [-0.3, -0.25) is 4.79 Å². The minimum Gasteiger partial charge on any atom is -0.494 e. The van der Waals surface area contributed by atoms with Gasteiger partial charge in [0.1, 0.15) is 5.75 Å². The second-order valence-corrected chi connectivity index (χ2v) is 6.65. The Kier molecular flexibility index (Phi) is 5.85. The molecule has 0 saturated carbocycles. The maximum atomic E-state index is 12.2. The lowest BCUT2D eigenvalue weighted by atomic mass is 9.86. The van der Waals surface area contributed by atoms with Crippen molar-refractivity contribution < 1.29 is 9.53 Å². The minimum absolute atomic E-state index is 0.0214. The van der Waals surface area contributed by atoms with Gasteiger partial charge in [0.2, 0.25) is 5.91 Å². The molecule has 0 atom stereocenters. The van der Waals surface area contributed by atoms with Gasteiger partial charge in [-0.2, -0.15) is 0 Å². The molecule has 0 fully saturated rings. The van der Waals surface area contributed by atoms with E-state index in [2.05, 4.69) is 37.5 Å². The van der Waals surface area contributed by atoms with Crippen LogP contribution in [0.3, 0.4) is 0 Å². The summed E-state index contributed by atoms with van der Waals surface area (Å²) in [6.07, 6.45) is 0. The smallest absolute Gasteiger partial charge is 0.243 e. The highest BCUT2D eigenvalue weighted by Gasteiger charge is 2.18. The van der Waals surface area contributed by atoms with Crippen LogP contribution in [0.5, 0.6) is 5.75 Å². The Hall–Kier alpha value is -2.49. The molecule has 0 spiro atoms. The molecule has 0 heterocycles. The summed E-state index contributed by atoms with van der Waals surface area (Å²) in [6.45, 7) is 9.21. The highest BCUT2D eigenvalue weighted by molar-refractivity contribution is 5.94. The van der Waals surface area contributed by atoms with Crippen molar-refractivity contribution in [2.24, 2.45) is 0 Å². The fourth-order valence-corrected chi connectivity index (χ4v) is 2.46.